The van der Waals surface area contributed by atoms with Gasteiger partial charge in [0.2, 0.25) is 12.0 Å². The van der Waals surface area contributed by atoms with Crippen LogP contribution >= 0.6 is 12.4 Å². The van der Waals surface area contributed by atoms with Crippen molar-refractivity contribution in [3.63, 3.8) is 0 Å². The summed E-state index contributed by atoms with van der Waals surface area (Å²) in [5, 5.41) is 9.02. The molecule has 9 nitrogen and oxygen atoms in total. The lowest BCUT2D eigenvalue weighted by Crippen LogP contribution is -2.56. The van der Waals surface area contributed by atoms with E-state index in [9.17, 15) is 14.4 Å². The third-order valence-electron chi connectivity index (χ3n) is 5.13. The highest BCUT2D eigenvalue weighted by atomic mass is 35.5. The summed E-state index contributed by atoms with van der Waals surface area (Å²) in [7, 11) is 1.61. The number of carbonyl (C=O) groups excluding carboxylic acids is 2. The number of rotatable bonds is 5. The Balaban J connectivity index is 0.00000300. The molecule has 0 radical (unpaired) electrons. The molecule has 2 unspecified atom stereocenters. The average Bonchev–Trinajstić information content (AvgIpc) is 2.72. The number of para-hydroxylation sites is 2. The van der Waals surface area contributed by atoms with E-state index in [1.165, 1.54) is 11.8 Å². The molecule has 2 aliphatic heterocycles. The van der Waals surface area contributed by atoms with Crippen LogP contribution in [0.3, 0.4) is 0 Å². The molecule has 2 aliphatic rings. The molecule has 0 bridgehead atoms. The maximum Gasteiger partial charge on any atom is 0.320 e. The first-order valence-electron chi connectivity index (χ1n) is 9.25. The third-order valence-corrected chi connectivity index (χ3v) is 5.13. The van der Waals surface area contributed by atoms with E-state index in [2.05, 4.69) is 0 Å². The van der Waals surface area contributed by atoms with E-state index in [1.807, 2.05) is 12.1 Å². The summed E-state index contributed by atoms with van der Waals surface area (Å²) in [6.07, 6.45) is -0.695. The van der Waals surface area contributed by atoms with Crippen molar-refractivity contribution in [2.75, 3.05) is 46.4 Å². The number of ether oxygens (including phenoxy) is 2. The molecule has 2 heterocycles. The van der Waals surface area contributed by atoms with E-state index in [4.69, 9.17) is 14.6 Å². The first-order valence-corrected chi connectivity index (χ1v) is 9.25. The fraction of sp³-hybridized carbons (Fsp3) is 0.526. The van der Waals surface area contributed by atoms with E-state index in [-0.39, 0.29) is 37.4 Å². The Morgan fingerprint density at radius 2 is 1.72 bits per heavy atom. The zero-order valence-corrected chi connectivity index (χ0v) is 17.3. The van der Waals surface area contributed by atoms with E-state index >= 15 is 0 Å². The lowest BCUT2D eigenvalue weighted by molar-refractivity contribution is -0.148. The van der Waals surface area contributed by atoms with Crippen molar-refractivity contribution >= 4 is 30.2 Å². The van der Waals surface area contributed by atoms with Gasteiger partial charge >= 0.3 is 5.97 Å². The number of benzene rings is 1. The van der Waals surface area contributed by atoms with Crippen LogP contribution < -0.4 is 9.47 Å². The van der Waals surface area contributed by atoms with Crippen LogP contribution in [0.15, 0.2) is 24.3 Å². The molecule has 0 aromatic heterocycles. The van der Waals surface area contributed by atoms with E-state index < -0.39 is 18.1 Å². The number of likely N-dealkylation sites (N-methyl/N-ethyl adjacent to an activating group) is 1. The highest BCUT2D eigenvalue weighted by Gasteiger charge is 2.33. The lowest BCUT2D eigenvalue weighted by atomic mass is 10.2. The monoisotopic (exact) mass is 427 g/mol. The van der Waals surface area contributed by atoms with Gasteiger partial charge in [-0.05, 0) is 26.1 Å². The van der Waals surface area contributed by atoms with Gasteiger partial charge in [0.15, 0.2) is 11.5 Å². The number of nitrogens with zero attached hydrogens (tertiary/aromatic N) is 3. The Morgan fingerprint density at radius 3 is 2.34 bits per heavy atom. The van der Waals surface area contributed by atoms with Gasteiger partial charge in [-0.25, -0.2) is 0 Å². The molecule has 0 saturated carbocycles. The van der Waals surface area contributed by atoms with Crippen molar-refractivity contribution < 1.29 is 29.0 Å². The molecule has 2 amide bonds. The van der Waals surface area contributed by atoms with Crippen molar-refractivity contribution in [1.82, 2.24) is 14.7 Å². The summed E-state index contributed by atoms with van der Waals surface area (Å²) in [5.41, 5.74) is 0. The topological polar surface area (TPSA) is 99.6 Å². The number of piperazine rings is 1. The van der Waals surface area contributed by atoms with Crippen LogP contribution in [0, 0.1) is 0 Å². The van der Waals surface area contributed by atoms with Crippen molar-refractivity contribution in [1.29, 1.82) is 0 Å². The number of hydrogen-bond donors (Lipinski definition) is 1. The molecule has 1 saturated heterocycles. The fourth-order valence-corrected chi connectivity index (χ4v) is 3.16. The van der Waals surface area contributed by atoms with Crippen LogP contribution in [0.5, 0.6) is 11.5 Å². The zero-order chi connectivity index (χ0) is 20.3. The van der Waals surface area contributed by atoms with Crippen LogP contribution in [0.1, 0.15) is 6.92 Å². The zero-order valence-electron chi connectivity index (χ0n) is 16.4. The summed E-state index contributed by atoms with van der Waals surface area (Å²) in [5.74, 6) is -0.0905. The minimum Gasteiger partial charge on any atom is -0.485 e. The van der Waals surface area contributed by atoms with Crippen LogP contribution in [-0.2, 0) is 14.4 Å². The number of hydrogen-bond acceptors (Lipinski definition) is 6. The van der Waals surface area contributed by atoms with Gasteiger partial charge in [-0.1, -0.05) is 12.1 Å². The first-order chi connectivity index (χ1) is 13.4. The van der Waals surface area contributed by atoms with Gasteiger partial charge in [-0.2, -0.15) is 0 Å². The summed E-state index contributed by atoms with van der Waals surface area (Å²) < 4.78 is 11.4. The molecule has 29 heavy (non-hydrogen) atoms. The Kier molecular flexibility index (Phi) is 7.69. The largest absolute Gasteiger partial charge is 0.485 e. The molecular weight excluding hydrogens is 402 g/mol. The molecule has 1 fully saturated rings. The fourth-order valence-electron chi connectivity index (χ4n) is 3.16. The van der Waals surface area contributed by atoms with Gasteiger partial charge in [0, 0.05) is 26.2 Å². The molecule has 1 aromatic rings. The third kappa shape index (κ3) is 5.30. The number of amides is 2. The molecular formula is C19H26ClN3O6. The van der Waals surface area contributed by atoms with Crippen molar-refractivity contribution in [2.45, 2.75) is 19.1 Å². The van der Waals surface area contributed by atoms with Gasteiger partial charge in [0.1, 0.15) is 12.6 Å². The molecule has 0 aliphatic carbocycles. The number of fused-ring (bicyclic) bond motifs is 1. The smallest absolute Gasteiger partial charge is 0.320 e. The second kappa shape index (κ2) is 9.80. The molecule has 2 atom stereocenters. The Labute approximate surface area is 175 Å². The standard InChI is InChI=1S/C19H25N3O6.ClH/c1-13(19(25)26)20(2)11-17(23)21-7-9-22(10-8-21)18(24)16-12-27-14-5-3-4-6-15(14)28-16;/h3-6,13,16H,7-12H2,1-2H3,(H,25,26);1H. The summed E-state index contributed by atoms with van der Waals surface area (Å²) >= 11 is 0. The molecule has 160 valence electrons. The SMILES string of the molecule is CC(C(=O)O)N(C)CC(=O)N1CCN(C(=O)C2COc3ccccc3O2)CC1.Cl. The quantitative estimate of drug-likeness (QED) is 0.722. The Morgan fingerprint density at radius 1 is 1.14 bits per heavy atom. The molecule has 3 rings (SSSR count). The Bertz CT molecular complexity index is 753. The second-order valence-corrected chi connectivity index (χ2v) is 7.00. The van der Waals surface area contributed by atoms with E-state index in [1.54, 1.807) is 29.0 Å². The van der Waals surface area contributed by atoms with Gasteiger partial charge in [-0.15, -0.1) is 12.4 Å². The van der Waals surface area contributed by atoms with Gasteiger partial charge in [-0.3, -0.25) is 19.3 Å². The second-order valence-electron chi connectivity index (χ2n) is 7.00. The first kappa shape index (κ1) is 22.8. The highest BCUT2D eigenvalue weighted by Crippen LogP contribution is 2.31. The van der Waals surface area contributed by atoms with Crippen molar-refractivity contribution in [2.24, 2.45) is 0 Å². The molecule has 10 heteroatoms. The number of carbonyl (C=O) groups is 3. The minimum atomic E-state index is -0.970. The van der Waals surface area contributed by atoms with Crippen LogP contribution in [0.2, 0.25) is 0 Å². The number of halogens is 1. The van der Waals surface area contributed by atoms with E-state index in [0.717, 1.165) is 0 Å². The summed E-state index contributed by atoms with van der Waals surface area (Å²) in [6, 6.07) is 6.48. The van der Waals surface area contributed by atoms with Crippen LogP contribution in [0.25, 0.3) is 0 Å². The van der Waals surface area contributed by atoms with Gasteiger partial charge in [0.25, 0.3) is 5.91 Å². The predicted molar refractivity (Wildman–Crippen MR) is 106 cm³/mol. The van der Waals surface area contributed by atoms with Gasteiger partial charge in [0.05, 0.1) is 6.54 Å². The van der Waals surface area contributed by atoms with Crippen molar-refractivity contribution in [3.8, 4) is 11.5 Å². The van der Waals surface area contributed by atoms with Crippen molar-refractivity contribution in [3.05, 3.63) is 24.3 Å². The average molecular weight is 428 g/mol. The number of aliphatic carboxylic acids is 1. The number of carboxylic acid groups (broad SMARTS) is 1. The number of carboxylic acids is 1. The normalized spacial score (nSPS) is 19.3. The predicted octanol–water partition coefficient (Wildman–Crippen LogP) is 0.324. The molecule has 0 spiro atoms. The lowest BCUT2D eigenvalue weighted by Gasteiger charge is -2.37. The maximum atomic E-state index is 12.7. The minimum absolute atomic E-state index is 0. The Hall–Kier alpha value is -2.52. The molecule has 1 aromatic carbocycles. The van der Waals surface area contributed by atoms with Crippen LogP contribution in [-0.4, -0.2) is 96.1 Å². The maximum absolute atomic E-state index is 12.7. The highest BCUT2D eigenvalue weighted by molar-refractivity contribution is 5.85. The van der Waals surface area contributed by atoms with Gasteiger partial charge < -0.3 is 24.4 Å². The van der Waals surface area contributed by atoms with E-state index in [0.29, 0.717) is 37.7 Å². The van der Waals surface area contributed by atoms with Crippen LogP contribution in [0.4, 0.5) is 0 Å². The summed E-state index contributed by atoms with van der Waals surface area (Å²) in [6.45, 7) is 3.35. The summed E-state index contributed by atoms with van der Waals surface area (Å²) in [4.78, 5) is 41.0. The molecule has 1 N–H and O–H groups in total.